The maximum absolute atomic E-state index is 14.2. The summed E-state index contributed by atoms with van der Waals surface area (Å²) in [4.78, 5) is 23.2. The number of halogens is 1. The molecule has 0 unspecified atom stereocenters. The van der Waals surface area contributed by atoms with Crippen LogP contribution in [0.15, 0.2) is 29.9 Å². The first-order valence-corrected chi connectivity index (χ1v) is 9.58. The van der Waals surface area contributed by atoms with Crippen molar-refractivity contribution < 1.29 is 13.9 Å². The van der Waals surface area contributed by atoms with Crippen LogP contribution in [0.5, 0.6) is 5.88 Å². The molecular weight excluding hydrogens is 369 g/mol. The number of hydrogen-bond acceptors (Lipinski definition) is 6. The number of nitrogens with one attached hydrogen (secondary N) is 1. The van der Waals surface area contributed by atoms with Crippen molar-refractivity contribution in [3.8, 4) is 16.5 Å². The van der Waals surface area contributed by atoms with Crippen molar-refractivity contribution in [3.05, 3.63) is 47.1 Å². The predicted molar refractivity (Wildman–Crippen MR) is 98.2 cm³/mol. The van der Waals surface area contributed by atoms with Gasteiger partial charge in [-0.1, -0.05) is 13.0 Å². The zero-order valence-electron chi connectivity index (χ0n) is 14.7. The molecule has 1 saturated heterocycles. The summed E-state index contributed by atoms with van der Waals surface area (Å²) in [6.45, 7) is 2.71. The van der Waals surface area contributed by atoms with Gasteiger partial charge in [-0.25, -0.2) is 4.98 Å². The number of hydrogen-bond donors (Lipinski definition) is 1. The van der Waals surface area contributed by atoms with Crippen molar-refractivity contribution >= 4 is 17.2 Å². The van der Waals surface area contributed by atoms with Gasteiger partial charge in [0.15, 0.2) is 5.69 Å². The Morgan fingerprint density at radius 2 is 2.37 bits per heavy atom. The SMILES string of the molecule is CCc1ncnc(O[C@@H]2CCN(C(=O)c3cc(-c4cccs4)[nH]n3)C2)c1F. The Hall–Kier alpha value is -2.81. The number of carbonyl (C=O) groups excluding carboxylic acids is 1. The Bertz CT molecular complexity index is 943. The summed E-state index contributed by atoms with van der Waals surface area (Å²) < 4.78 is 19.9. The highest BCUT2D eigenvalue weighted by Gasteiger charge is 2.30. The lowest BCUT2D eigenvalue weighted by atomic mass is 10.3. The van der Waals surface area contributed by atoms with Gasteiger partial charge in [-0.2, -0.15) is 14.5 Å². The summed E-state index contributed by atoms with van der Waals surface area (Å²) in [7, 11) is 0. The number of amides is 1. The molecule has 0 bridgehead atoms. The van der Waals surface area contributed by atoms with Crippen LogP contribution in [0.2, 0.25) is 0 Å². The fourth-order valence-corrected chi connectivity index (χ4v) is 3.73. The van der Waals surface area contributed by atoms with Gasteiger partial charge in [0.1, 0.15) is 12.4 Å². The van der Waals surface area contributed by atoms with Gasteiger partial charge in [-0.05, 0) is 23.9 Å². The molecule has 7 nitrogen and oxygen atoms in total. The van der Waals surface area contributed by atoms with Crippen LogP contribution in [0, 0.1) is 5.82 Å². The third-order valence-electron chi connectivity index (χ3n) is 4.46. The van der Waals surface area contributed by atoms with E-state index in [2.05, 4.69) is 20.2 Å². The van der Waals surface area contributed by atoms with E-state index in [1.165, 1.54) is 6.33 Å². The molecular formula is C18H18FN5O2S. The lowest BCUT2D eigenvalue weighted by molar-refractivity contribution is 0.0764. The monoisotopic (exact) mass is 387 g/mol. The Kier molecular flexibility index (Phi) is 4.85. The predicted octanol–water partition coefficient (Wildman–Crippen LogP) is 2.92. The van der Waals surface area contributed by atoms with E-state index in [9.17, 15) is 9.18 Å². The largest absolute Gasteiger partial charge is 0.470 e. The smallest absolute Gasteiger partial charge is 0.274 e. The Morgan fingerprint density at radius 3 is 3.15 bits per heavy atom. The van der Waals surface area contributed by atoms with Gasteiger partial charge in [0.25, 0.3) is 11.8 Å². The van der Waals surface area contributed by atoms with Gasteiger partial charge in [0.2, 0.25) is 5.82 Å². The van der Waals surface area contributed by atoms with Gasteiger partial charge in [0, 0.05) is 13.0 Å². The Morgan fingerprint density at radius 1 is 1.48 bits per heavy atom. The van der Waals surface area contributed by atoms with Gasteiger partial charge in [0.05, 0.1) is 22.8 Å². The average Bonchev–Trinajstić information content (AvgIpc) is 3.43. The normalized spacial score (nSPS) is 16.7. The summed E-state index contributed by atoms with van der Waals surface area (Å²) in [6, 6.07) is 5.66. The highest BCUT2D eigenvalue weighted by molar-refractivity contribution is 7.13. The van der Waals surface area contributed by atoms with Crippen LogP contribution >= 0.6 is 11.3 Å². The summed E-state index contributed by atoms with van der Waals surface area (Å²) in [5.74, 6) is -0.754. The fraction of sp³-hybridized carbons (Fsp3) is 0.333. The summed E-state index contributed by atoms with van der Waals surface area (Å²) >= 11 is 1.58. The topological polar surface area (TPSA) is 84.0 Å². The second-order valence-electron chi connectivity index (χ2n) is 6.22. The highest BCUT2D eigenvalue weighted by Crippen LogP contribution is 2.25. The van der Waals surface area contributed by atoms with Crippen LogP contribution in [0.25, 0.3) is 10.6 Å². The molecule has 1 aliphatic rings. The van der Waals surface area contributed by atoms with E-state index in [4.69, 9.17) is 4.74 Å². The number of aromatic nitrogens is 4. The third kappa shape index (κ3) is 3.55. The average molecular weight is 387 g/mol. The molecule has 1 atom stereocenters. The number of rotatable bonds is 5. The van der Waals surface area contributed by atoms with Crippen molar-refractivity contribution in [2.45, 2.75) is 25.9 Å². The van der Waals surface area contributed by atoms with Crippen molar-refractivity contribution in [3.63, 3.8) is 0 Å². The van der Waals surface area contributed by atoms with Crippen LogP contribution in [-0.2, 0) is 6.42 Å². The number of nitrogens with zero attached hydrogens (tertiary/aromatic N) is 4. The van der Waals surface area contributed by atoms with Gasteiger partial charge >= 0.3 is 0 Å². The fourth-order valence-electron chi connectivity index (χ4n) is 3.03. The third-order valence-corrected chi connectivity index (χ3v) is 5.36. The van der Waals surface area contributed by atoms with Crippen LogP contribution in [0.3, 0.4) is 0 Å². The number of aromatic amines is 1. The second-order valence-corrected chi connectivity index (χ2v) is 7.16. The van der Waals surface area contributed by atoms with Crippen molar-refractivity contribution in [2.75, 3.05) is 13.1 Å². The quantitative estimate of drug-likeness (QED) is 0.728. The van der Waals surface area contributed by atoms with Crippen molar-refractivity contribution in [2.24, 2.45) is 0 Å². The molecule has 3 aromatic rings. The summed E-state index contributed by atoms with van der Waals surface area (Å²) in [6.07, 6.45) is 2.06. The van der Waals surface area contributed by atoms with Gasteiger partial charge < -0.3 is 9.64 Å². The molecule has 0 spiro atoms. The number of ether oxygens (including phenoxy) is 1. The van der Waals surface area contributed by atoms with E-state index in [1.54, 1.807) is 22.3 Å². The van der Waals surface area contributed by atoms with Crippen LogP contribution in [0.4, 0.5) is 4.39 Å². The van der Waals surface area contributed by atoms with Crippen molar-refractivity contribution in [1.29, 1.82) is 0 Å². The lowest BCUT2D eigenvalue weighted by Crippen LogP contribution is -2.31. The Balaban J connectivity index is 1.41. The molecule has 9 heteroatoms. The molecule has 1 amide bonds. The molecule has 140 valence electrons. The molecule has 1 N–H and O–H groups in total. The number of H-pyrrole nitrogens is 1. The first kappa shape index (κ1) is 17.6. The van der Waals surface area contributed by atoms with Crippen LogP contribution in [-0.4, -0.2) is 50.2 Å². The molecule has 3 aromatic heterocycles. The minimum atomic E-state index is -0.530. The number of thiophene rings is 1. The van der Waals surface area contributed by atoms with E-state index in [0.717, 1.165) is 10.6 Å². The minimum Gasteiger partial charge on any atom is -0.470 e. The van der Waals surface area contributed by atoms with E-state index in [1.807, 2.05) is 24.4 Å². The maximum atomic E-state index is 14.2. The summed E-state index contributed by atoms with van der Waals surface area (Å²) in [5, 5.41) is 9.00. The first-order chi connectivity index (χ1) is 13.2. The summed E-state index contributed by atoms with van der Waals surface area (Å²) in [5.41, 5.74) is 1.50. The second kappa shape index (κ2) is 7.43. The molecule has 0 saturated carbocycles. The molecule has 1 aliphatic heterocycles. The van der Waals surface area contributed by atoms with Crippen LogP contribution in [0.1, 0.15) is 29.5 Å². The number of aryl methyl sites for hydroxylation is 1. The van der Waals surface area contributed by atoms with E-state index in [0.29, 0.717) is 37.3 Å². The van der Waals surface area contributed by atoms with E-state index >= 15 is 0 Å². The number of likely N-dealkylation sites (tertiary alicyclic amines) is 1. The molecule has 1 fully saturated rings. The molecule has 4 rings (SSSR count). The standard InChI is InChI=1S/C18H18FN5O2S/c1-2-12-16(19)17(21-10-20-12)26-11-5-6-24(9-11)18(25)14-8-13(22-23-14)15-4-3-7-27-15/h3-4,7-8,10-11H,2,5-6,9H2,1H3,(H,22,23)/t11-/m1/s1. The maximum Gasteiger partial charge on any atom is 0.274 e. The molecule has 0 aliphatic carbocycles. The molecule has 4 heterocycles. The zero-order chi connectivity index (χ0) is 18.8. The van der Waals surface area contributed by atoms with Crippen molar-refractivity contribution in [1.82, 2.24) is 25.1 Å². The van der Waals surface area contributed by atoms with Gasteiger partial charge in [-0.3, -0.25) is 9.89 Å². The minimum absolute atomic E-state index is 0.0547. The van der Waals surface area contributed by atoms with E-state index in [-0.39, 0.29) is 17.9 Å². The van der Waals surface area contributed by atoms with E-state index < -0.39 is 5.82 Å². The number of carbonyl (C=O) groups is 1. The molecule has 0 aromatic carbocycles. The zero-order valence-corrected chi connectivity index (χ0v) is 15.5. The first-order valence-electron chi connectivity index (χ1n) is 8.70. The Labute approximate surface area is 159 Å². The van der Waals surface area contributed by atoms with Gasteiger partial charge in [-0.15, -0.1) is 11.3 Å². The highest BCUT2D eigenvalue weighted by atomic mass is 32.1. The molecule has 27 heavy (non-hydrogen) atoms. The van der Waals surface area contributed by atoms with Crippen LogP contribution < -0.4 is 4.74 Å². The molecule has 0 radical (unpaired) electrons. The lowest BCUT2D eigenvalue weighted by Gasteiger charge is -2.16.